The molecule has 2 fully saturated rings. The van der Waals surface area contributed by atoms with Gasteiger partial charge in [-0.1, -0.05) is 6.42 Å². The standard InChI is InChI=1S/C17H26N2O/c1-3-20-17-10-15(6-7-16(17)18)19(2)11-14-9-12-4-5-13(14)8-12/h6-7,10,12-14H,3-5,8-9,11,18H2,1-2H3. The summed E-state index contributed by atoms with van der Waals surface area (Å²) in [6.07, 6.45) is 5.84. The lowest BCUT2D eigenvalue weighted by Gasteiger charge is -2.29. The van der Waals surface area contributed by atoms with Crippen LogP contribution in [0, 0.1) is 17.8 Å². The average molecular weight is 274 g/mol. The molecule has 1 aromatic carbocycles. The van der Waals surface area contributed by atoms with Crippen molar-refractivity contribution in [2.24, 2.45) is 17.8 Å². The topological polar surface area (TPSA) is 38.5 Å². The maximum atomic E-state index is 5.95. The Balaban J connectivity index is 1.67. The van der Waals surface area contributed by atoms with Crippen molar-refractivity contribution < 1.29 is 4.74 Å². The molecule has 3 nitrogen and oxygen atoms in total. The summed E-state index contributed by atoms with van der Waals surface area (Å²) in [5.41, 5.74) is 7.88. The Hall–Kier alpha value is -1.38. The van der Waals surface area contributed by atoms with Crippen LogP contribution in [-0.4, -0.2) is 20.2 Å². The number of anilines is 2. The third-order valence-electron chi connectivity index (χ3n) is 5.13. The van der Waals surface area contributed by atoms with Crippen LogP contribution in [0.4, 0.5) is 11.4 Å². The van der Waals surface area contributed by atoms with Crippen LogP contribution in [0.1, 0.15) is 32.6 Å². The number of hydrogen-bond donors (Lipinski definition) is 1. The van der Waals surface area contributed by atoms with Crippen molar-refractivity contribution in [1.29, 1.82) is 0 Å². The lowest BCUT2D eigenvalue weighted by Crippen LogP contribution is -2.28. The fraction of sp³-hybridized carbons (Fsp3) is 0.647. The average Bonchev–Trinajstić information content (AvgIpc) is 3.03. The molecule has 3 rings (SSSR count). The molecular weight excluding hydrogens is 248 g/mol. The highest BCUT2D eigenvalue weighted by Crippen LogP contribution is 2.48. The molecule has 0 spiro atoms. The highest BCUT2D eigenvalue weighted by atomic mass is 16.5. The summed E-state index contributed by atoms with van der Waals surface area (Å²) in [6.45, 7) is 3.81. The van der Waals surface area contributed by atoms with Crippen LogP contribution in [-0.2, 0) is 0 Å². The van der Waals surface area contributed by atoms with Crippen LogP contribution in [0.5, 0.6) is 5.75 Å². The molecule has 3 heteroatoms. The van der Waals surface area contributed by atoms with Gasteiger partial charge in [0.05, 0.1) is 12.3 Å². The number of fused-ring (bicyclic) bond motifs is 2. The van der Waals surface area contributed by atoms with E-state index in [1.54, 1.807) is 0 Å². The number of ether oxygens (including phenoxy) is 1. The summed E-state index contributed by atoms with van der Waals surface area (Å²) in [5, 5.41) is 0. The van der Waals surface area contributed by atoms with Gasteiger partial charge in [0.2, 0.25) is 0 Å². The van der Waals surface area contributed by atoms with Crippen LogP contribution in [0.25, 0.3) is 0 Å². The monoisotopic (exact) mass is 274 g/mol. The molecule has 2 aliphatic carbocycles. The van der Waals surface area contributed by atoms with Gasteiger partial charge in [0, 0.05) is 25.3 Å². The highest BCUT2D eigenvalue weighted by Gasteiger charge is 2.39. The Kier molecular flexibility index (Phi) is 3.77. The van der Waals surface area contributed by atoms with E-state index in [2.05, 4.69) is 24.1 Å². The normalized spacial score (nSPS) is 27.8. The van der Waals surface area contributed by atoms with Crippen molar-refractivity contribution >= 4 is 11.4 Å². The first kappa shape index (κ1) is 13.6. The Morgan fingerprint density at radius 3 is 2.80 bits per heavy atom. The highest BCUT2D eigenvalue weighted by molar-refractivity contribution is 5.62. The number of hydrogen-bond acceptors (Lipinski definition) is 3. The molecule has 2 N–H and O–H groups in total. The molecule has 0 aliphatic heterocycles. The Morgan fingerprint density at radius 1 is 1.30 bits per heavy atom. The Morgan fingerprint density at radius 2 is 2.15 bits per heavy atom. The molecule has 1 aromatic rings. The van der Waals surface area contributed by atoms with Crippen LogP contribution < -0.4 is 15.4 Å². The molecule has 2 bridgehead atoms. The minimum Gasteiger partial charge on any atom is -0.492 e. The summed E-state index contributed by atoms with van der Waals surface area (Å²) in [7, 11) is 2.19. The van der Waals surface area contributed by atoms with Gasteiger partial charge >= 0.3 is 0 Å². The van der Waals surface area contributed by atoms with Gasteiger partial charge < -0.3 is 15.4 Å². The lowest BCUT2D eigenvalue weighted by molar-refractivity contribution is 0.336. The van der Waals surface area contributed by atoms with Gasteiger partial charge in [-0.3, -0.25) is 0 Å². The molecular formula is C17H26N2O. The lowest BCUT2D eigenvalue weighted by atomic mass is 9.88. The fourth-order valence-corrected chi connectivity index (χ4v) is 4.10. The Labute approximate surface area is 122 Å². The number of rotatable bonds is 5. The van der Waals surface area contributed by atoms with Gasteiger partial charge in [0.1, 0.15) is 5.75 Å². The first-order valence-corrected chi connectivity index (χ1v) is 7.90. The number of nitrogen functional groups attached to an aromatic ring is 1. The van der Waals surface area contributed by atoms with Crippen LogP contribution in [0.3, 0.4) is 0 Å². The predicted molar refractivity (Wildman–Crippen MR) is 84.2 cm³/mol. The zero-order valence-corrected chi connectivity index (χ0v) is 12.6. The minimum absolute atomic E-state index is 0.656. The summed E-state index contributed by atoms with van der Waals surface area (Å²) >= 11 is 0. The molecule has 3 atom stereocenters. The minimum atomic E-state index is 0.656. The molecule has 20 heavy (non-hydrogen) atoms. The zero-order valence-electron chi connectivity index (χ0n) is 12.6. The van der Waals surface area contributed by atoms with E-state index in [1.165, 1.54) is 31.4 Å². The molecule has 0 heterocycles. The number of nitrogens with zero attached hydrogens (tertiary/aromatic N) is 1. The summed E-state index contributed by atoms with van der Waals surface area (Å²) in [5.74, 6) is 3.68. The Bertz CT molecular complexity index is 474. The van der Waals surface area contributed by atoms with Crippen LogP contribution >= 0.6 is 0 Å². The second-order valence-corrected chi connectivity index (χ2v) is 6.47. The smallest absolute Gasteiger partial charge is 0.144 e. The third-order valence-corrected chi connectivity index (χ3v) is 5.13. The van der Waals surface area contributed by atoms with Gasteiger partial charge in [0.15, 0.2) is 0 Å². The van der Waals surface area contributed by atoms with Gasteiger partial charge in [-0.25, -0.2) is 0 Å². The predicted octanol–water partition coefficient (Wildman–Crippen LogP) is 3.54. The van der Waals surface area contributed by atoms with Gasteiger partial charge in [0.25, 0.3) is 0 Å². The second kappa shape index (κ2) is 5.55. The first-order chi connectivity index (χ1) is 9.67. The molecule has 0 aromatic heterocycles. The van der Waals surface area contributed by atoms with E-state index in [0.717, 1.165) is 35.7 Å². The number of nitrogens with two attached hydrogens (primary N) is 1. The summed E-state index contributed by atoms with van der Waals surface area (Å²) in [4.78, 5) is 2.37. The van der Waals surface area contributed by atoms with E-state index in [0.29, 0.717) is 6.61 Å². The van der Waals surface area contributed by atoms with Gasteiger partial charge in [-0.15, -0.1) is 0 Å². The van der Waals surface area contributed by atoms with Crippen molar-refractivity contribution in [3.05, 3.63) is 18.2 Å². The van der Waals surface area contributed by atoms with Crippen LogP contribution in [0.15, 0.2) is 18.2 Å². The molecule has 110 valence electrons. The van der Waals surface area contributed by atoms with Crippen molar-refractivity contribution in [3.63, 3.8) is 0 Å². The van der Waals surface area contributed by atoms with Crippen molar-refractivity contribution in [2.75, 3.05) is 30.8 Å². The van der Waals surface area contributed by atoms with Gasteiger partial charge in [-0.05, 0) is 56.1 Å². The fourth-order valence-electron chi connectivity index (χ4n) is 4.10. The molecule has 0 amide bonds. The summed E-state index contributed by atoms with van der Waals surface area (Å²) < 4.78 is 5.60. The molecule has 2 aliphatic rings. The maximum Gasteiger partial charge on any atom is 0.144 e. The maximum absolute atomic E-state index is 5.95. The third kappa shape index (κ3) is 2.58. The molecule has 0 radical (unpaired) electrons. The van der Waals surface area contributed by atoms with E-state index >= 15 is 0 Å². The SMILES string of the molecule is CCOc1cc(N(C)CC2CC3CCC2C3)ccc1N. The van der Waals surface area contributed by atoms with E-state index in [-0.39, 0.29) is 0 Å². The van der Waals surface area contributed by atoms with E-state index in [4.69, 9.17) is 10.5 Å². The van der Waals surface area contributed by atoms with Crippen molar-refractivity contribution in [2.45, 2.75) is 32.6 Å². The molecule has 3 unspecified atom stereocenters. The quantitative estimate of drug-likeness (QED) is 0.835. The first-order valence-electron chi connectivity index (χ1n) is 7.90. The van der Waals surface area contributed by atoms with Gasteiger partial charge in [-0.2, -0.15) is 0 Å². The van der Waals surface area contributed by atoms with E-state index in [9.17, 15) is 0 Å². The van der Waals surface area contributed by atoms with E-state index in [1.807, 2.05) is 13.0 Å². The number of benzene rings is 1. The van der Waals surface area contributed by atoms with E-state index < -0.39 is 0 Å². The van der Waals surface area contributed by atoms with Crippen molar-refractivity contribution in [3.8, 4) is 5.75 Å². The molecule has 0 saturated heterocycles. The molecule has 2 saturated carbocycles. The summed E-state index contributed by atoms with van der Waals surface area (Å²) in [6, 6.07) is 6.13. The van der Waals surface area contributed by atoms with Crippen molar-refractivity contribution in [1.82, 2.24) is 0 Å². The van der Waals surface area contributed by atoms with Crippen LogP contribution in [0.2, 0.25) is 0 Å². The zero-order chi connectivity index (χ0) is 14.1. The largest absolute Gasteiger partial charge is 0.492 e. The second-order valence-electron chi connectivity index (χ2n) is 6.47.